The first kappa shape index (κ1) is 23.5. The minimum atomic E-state index is -0.440. The van der Waals surface area contributed by atoms with Gasteiger partial charge in [0.05, 0.1) is 7.11 Å². The van der Waals surface area contributed by atoms with Crippen molar-refractivity contribution in [2.45, 2.75) is 82.8 Å². The van der Waals surface area contributed by atoms with Gasteiger partial charge in [0.1, 0.15) is 0 Å². The maximum Gasteiger partial charge on any atom is 0.233 e. The molecule has 1 saturated carbocycles. The summed E-state index contributed by atoms with van der Waals surface area (Å²) in [4.78, 5) is 13.9. The van der Waals surface area contributed by atoms with Crippen LogP contribution in [0.15, 0.2) is 18.2 Å². The molecule has 2 atom stereocenters. The molecular weight excluding hydrogens is 421 g/mol. The van der Waals surface area contributed by atoms with Gasteiger partial charge in [0.15, 0.2) is 11.6 Å². The van der Waals surface area contributed by atoms with Gasteiger partial charge in [-0.05, 0) is 50.8 Å². The molecule has 0 amide bonds. The number of aromatic nitrogens is 3. The van der Waals surface area contributed by atoms with Crippen molar-refractivity contribution >= 4 is 23.5 Å². The molecule has 1 aliphatic heterocycles. The quantitative estimate of drug-likeness (QED) is 0.397. The van der Waals surface area contributed by atoms with E-state index in [-0.39, 0.29) is 11.8 Å². The number of nitrogens with one attached hydrogen (secondary N) is 4. The predicted molar refractivity (Wildman–Crippen MR) is 130 cm³/mol. The van der Waals surface area contributed by atoms with Crippen molar-refractivity contribution in [1.82, 2.24) is 20.3 Å². The molecule has 4 N–H and O–H groups in total. The lowest BCUT2D eigenvalue weighted by molar-refractivity contribution is 0.386. The molecule has 4 rings (SSSR count). The number of rotatable bonds is 9. The van der Waals surface area contributed by atoms with Crippen LogP contribution in [0, 0.1) is 5.82 Å². The van der Waals surface area contributed by atoms with Crippen molar-refractivity contribution in [3.8, 4) is 5.75 Å². The van der Waals surface area contributed by atoms with Crippen molar-refractivity contribution in [3.63, 3.8) is 0 Å². The van der Waals surface area contributed by atoms with Crippen LogP contribution < -0.4 is 26.0 Å². The van der Waals surface area contributed by atoms with Crippen LogP contribution in [0.1, 0.15) is 64.7 Å². The topological polar surface area (TPSA) is 96.0 Å². The normalized spacial score (nSPS) is 20.2. The molecule has 9 heteroatoms. The van der Waals surface area contributed by atoms with Gasteiger partial charge in [-0.2, -0.15) is 15.0 Å². The zero-order valence-corrected chi connectivity index (χ0v) is 19.7. The third-order valence-corrected chi connectivity index (χ3v) is 6.57. The molecule has 8 nitrogen and oxygen atoms in total. The van der Waals surface area contributed by atoms with Crippen LogP contribution in [0.2, 0.25) is 0 Å². The molecule has 0 bridgehead atoms. The van der Waals surface area contributed by atoms with Gasteiger partial charge in [0, 0.05) is 29.9 Å². The minimum Gasteiger partial charge on any atom is -0.494 e. The van der Waals surface area contributed by atoms with E-state index in [2.05, 4.69) is 38.2 Å². The van der Waals surface area contributed by atoms with Crippen molar-refractivity contribution in [2.75, 3.05) is 29.6 Å². The van der Waals surface area contributed by atoms with Gasteiger partial charge in [-0.15, -0.1) is 0 Å². The highest BCUT2D eigenvalue weighted by molar-refractivity contribution is 5.57. The third-order valence-electron chi connectivity index (χ3n) is 6.57. The molecule has 2 aromatic rings. The highest BCUT2D eigenvalue weighted by atomic mass is 19.1. The first-order valence-corrected chi connectivity index (χ1v) is 12.3. The Labute approximate surface area is 195 Å². The second-order valence-corrected chi connectivity index (χ2v) is 8.98. The average Bonchev–Trinajstić information content (AvgIpc) is 3.22. The first-order chi connectivity index (χ1) is 16.1. The number of benzene rings is 1. The van der Waals surface area contributed by atoms with E-state index in [1.165, 1.54) is 45.3 Å². The Morgan fingerprint density at radius 3 is 2.45 bits per heavy atom. The Kier molecular flexibility index (Phi) is 8.15. The summed E-state index contributed by atoms with van der Waals surface area (Å²) in [5.74, 6) is 1.21. The number of hydrogen-bond acceptors (Lipinski definition) is 8. The van der Waals surface area contributed by atoms with Gasteiger partial charge in [-0.1, -0.05) is 32.6 Å². The summed E-state index contributed by atoms with van der Waals surface area (Å²) >= 11 is 0. The Morgan fingerprint density at radius 2 is 1.79 bits per heavy atom. The van der Waals surface area contributed by atoms with E-state index in [1.807, 2.05) is 0 Å². The van der Waals surface area contributed by atoms with Crippen molar-refractivity contribution < 1.29 is 9.13 Å². The van der Waals surface area contributed by atoms with E-state index in [0.29, 0.717) is 35.6 Å². The molecule has 1 aliphatic carbocycles. The van der Waals surface area contributed by atoms with Crippen LogP contribution in [-0.2, 0) is 0 Å². The maximum absolute atomic E-state index is 14.2. The minimum absolute atomic E-state index is 0.198. The van der Waals surface area contributed by atoms with Crippen molar-refractivity contribution in [3.05, 3.63) is 24.0 Å². The van der Waals surface area contributed by atoms with Crippen LogP contribution in [-0.4, -0.2) is 46.7 Å². The van der Waals surface area contributed by atoms with E-state index in [0.717, 1.165) is 32.2 Å². The Balaban J connectivity index is 1.56. The smallest absolute Gasteiger partial charge is 0.233 e. The van der Waals surface area contributed by atoms with E-state index in [4.69, 9.17) is 9.72 Å². The van der Waals surface area contributed by atoms with E-state index in [1.54, 1.807) is 12.1 Å². The molecular formula is C24H36FN7O. The lowest BCUT2D eigenvalue weighted by Crippen LogP contribution is -2.40. The Hall–Kier alpha value is -2.68. The average molecular weight is 458 g/mol. The molecule has 0 spiro atoms. The van der Waals surface area contributed by atoms with Gasteiger partial charge in [-0.3, -0.25) is 0 Å². The Bertz CT molecular complexity index is 898. The van der Waals surface area contributed by atoms with Crippen molar-refractivity contribution in [1.29, 1.82) is 0 Å². The number of anilines is 4. The number of halogens is 1. The third kappa shape index (κ3) is 6.43. The lowest BCUT2D eigenvalue weighted by atomic mass is 10.0. The fourth-order valence-electron chi connectivity index (χ4n) is 4.75. The highest BCUT2D eigenvalue weighted by Crippen LogP contribution is 2.25. The standard InChI is InChI=1S/C24H36FN7O/c1-3-19(20-11-8-14-26-20)29-24-31-22(27-16-9-6-4-5-7-10-16)30-23(32-24)28-17-12-13-21(33-2)18(25)15-17/h12-13,15-16,19-20,26H,3-11,14H2,1-2H3,(H3,27,28,29,30,31,32)/t19?,20-/m1/s1. The largest absolute Gasteiger partial charge is 0.494 e. The summed E-state index contributed by atoms with van der Waals surface area (Å²) in [6.07, 6.45) is 10.5. The van der Waals surface area contributed by atoms with Gasteiger partial charge >= 0.3 is 0 Å². The van der Waals surface area contributed by atoms with Crippen LogP contribution in [0.25, 0.3) is 0 Å². The molecule has 2 fully saturated rings. The van der Waals surface area contributed by atoms with Crippen LogP contribution >= 0.6 is 0 Å². The van der Waals surface area contributed by atoms with Crippen molar-refractivity contribution in [2.24, 2.45) is 0 Å². The molecule has 1 saturated heterocycles. The molecule has 1 unspecified atom stereocenters. The SMILES string of the molecule is CCC(Nc1nc(Nc2ccc(OC)c(F)c2)nc(NC2CCCCCC2)n1)[C@H]1CCCN1. The summed E-state index contributed by atoms with van der Waals surface area (Å²) in [6.45, 7) is 3.22. The van der Waals surface area contributed by atoms with Gasteiger partial charge in [0.2, 0.25) is 17.8 Å². The summed E-state index contributed by atoms with van der Waals surface area (Å²) in [6, 6.07) is 5.69. The molecule has 33 heavy (non-hydrogen) atoms. The molecule has 1 aromatic carbocycles. The Morgan fingerprint density at radius 1 is 1.03 bits per heavy atom. The monoisotopic (exact) mass is 457 g/mol. The molecule has 1 aromatic heterocycles. The van der Waals surface area contributed by atoms with Crippen LogP contribution in [0.4, 0.5) is 27.9 Å². The summed E-state index contributed by atoms with van der Waals surface area (Å²) in [5.41, 5.74) is 0.551. The van der Waals surface area contributed by atoms with Crippen LogP contribution in [0.3, 0.4) is 0 Å². The van der Waals surface area contributed by atoms with Gasteiger partial charge in [0.25, 0.3) is 0 Å². The number of nitrogens with zero attached hydrogens (tertiary/aromatic N) is 3. The predicted octanol–water partition coefficient (Wildman–Crippen LogP) is 4.84. The fourth-order valence-corrected chi connectivity index (χ4v) is 4.75. The number of ether oxygens (including phenoxy) is 1. The van der Waals surface area contributed by atoms with Gasteiger partial charge in [-0.25, -0.2) is 4.39 Å². The van der Waals surface area contributed by atoms with E-state index < -0.39 is 5.82 Å². The summed E-state index contributed by atoms with van der Waals surface area (Å²) < 4.78 is 19.2. The molecule has 2 heterocycles. The second-order valence-electron chi connectivity index (χ2n) is 8.98. The summed E-state index contributed by atoms with van der Waals surface area (Å²) in [5, 5.41) is 13.7. The molecule has 2 aliphatic rings. The zero-order chi connectivity index (χ0) is 23.0. The fraction of sp³-hybridized carbons (Fsp3) is 0.625. The van der Waals surface area contributed by atoms with E-state index in [9.17, 15) is 4.39 Å². The summed E-state index contributed by atoms with van der Waals surface area (Å²) in [7, 11) is 1.45. The highest BCUT2D eigenvalue weighted by Gasteiger charge is 2.24. The van der Waals surface area contributed by atoms with Gasteiger partial charge < -0.3 is 26.0 Å². The lowest BCUT2D eigenvalue weighted by Gasteiger charge is -2.24. The number of methoxy groups -OCH3 is 1. The first-order valence-electron chi connectivity index (χ1n) is 12.3. The zero-order valence-electron chi connectivity index (χ0n) is 19.7. The van der Waals surface area contributed by atoms with Crippen LogP contribution in [0.5, 0.6) is 5.75 Å². The van der Waals surface area contributed by atoms with E-state index >= 15 is 0 Å². The maximum atomic E-state index is 14.2. The number of hydrogen-bond donors (Lipinski definition) is 4. The second kappa shape index (κ2) is 11.4. The molecule has 0 radical (unpaired) electrons. The molecule has 180 valence electrons.